The standard InChI is InChI=1S/C34H41NO5/c1-15-11-16(2)23-22(12-15)24-19(5)26-18(4)17(3)13-32(26,6)27-25(24)28(23)39-21-9-7-20(8-10-21)14-33(38)30-34(40-30,29(27)36)31(37)35-33/h7-10,13,15-16,18,22-25,27-28,30,38H,11-12,14H2,1-6H3,(H,35,37)/t15-,16+,18+,22-,23-,24+,25+,27+,28-,30+,32+,33-,34+/m1/s1. The maximum Gasteiger partial charge on any atom is 0.265 e. The highest BCUT2D eigenvalue weighted by Crippen LogP contribution is 2.69. The molecule has 2 saturated carbocycles. The summed E-state index contributed by atoms with van der Waals surface area (Å²) in [5.41, 5.74) is 1.13. The molecule has 212 valence electrons. The number of aliphatic hydroxyl groups is 1. The molecule has 8 aliphatic rings. The van der Waals surface area contributed by atoms with Gasteiger partial charge in [0.2, 0.25) is 5.60 Å². The van der Waals surface area contributed by atoms with Gasteiger partial charge in [0, 0.05) is 29.6 Å². The van der Waals surface area contributed by atoms with Crippen LogP contribution < -0.4 is 10.1 Å². The number of hydrogen-bond donors (Lipinski definition) is 2. The van der Waals surface area contributed by atoms with Crippen LogP contribution in [0, 0.1) is 52.8 Å². The second-order valence-corrected chi connectivity index (χ2v) is 14.7. The molecule has 13 atom stereocenters. The number of morpholine rings is 1. The number of ketones is 1. The van der Waals surface area contributed by atoms with Crippen LogP contribution >= 0.6 is 0 Å². The Bertz CT molecular complexity index is 1410. The van der Waals surface area contributed by atoms with Gasteiger partial charge in [-0.15, -0.1) is 0 Å². The Hall–Kier alpha value is -2.44. The van der Waals surface area contributed by atoms with Crippen LogP contribution in [0.3, 0.4) is 0 Å². The predicted octanol–water partition coefficient (Wildman–Crippen LogP) is 4.61. The summed E-state index contributed by atoms with van der Waals surface area (Å²) in [6.45, 7) is 13.7. The second-order valence-electron chi connectivity index (χ2n) is 14.7. The van der Waals surface area contributed by atoms with Crippen LogP contribution in [-0.4, -0.2) is 40.3 Å². The van der Waals surface area contributed by atoms with Crippen LogP contribution in [0.4, 0.5) is 0 Å². The van der Waals surface area contributed by atoms with Gasteiger partial charge in [-0.25, -0.2) is 0 Å². The third-order valence-corrected chi connectivity index (χ3v) is 12.4. The molecule has 2 saturated heterocycles. The molecule has 6 nitrogen and oxygen atoms in total. The molecule has 4 aliphatic heterocycles. The highest BCUT2D eigenvalue weighted by atomic mass is 16.6. The van der Waals surface area contributed by atoms with E-state index in [1.165, 1.54) is 16.7 Å². The smallest absolute Gasteiger partial charge is 0.265 e. The van der Waals surface area contributed by atoms with Crippen LogP contribution in [0.5, 0.6) is 5.75 Å². The van der Waals surface area contributed by atoms with Gasteiger partial charge < -0.3 is 19.9 Å². The largest absolute Gasteiger partial charge is 0.490 e. The number of nitrogens with one attached hydrogen (secondary N) is 1. The Morgan fingerprint density at radius 3 is 2.45 bits per heavy atom. The summed E-state index contributed by atoms with van der Waals surface area (Å²) in [5, 5.41) is 14.5. The van der Waals surface area contributed by atoms with Crippen LogP contribution in [0.25, 0.3) is 0 Å². The lowest BCUT2D eigenvalue weighted by molar-refractivity contribution is -0.145. The maximum absolute atomic E-state index is 15.1. The first-order chi connectivity index (χ1) is 18.9. The summed E-state index contributed by atoms with van der Waals surface area (Å²) in [4.78, 5) is 28.8. The molecule has 4 bridgehead atoms. The minimum absolute atomic E-state index is 0.0838. The van der Waals surface area contributed by atoms with Crippen molar-refractivity contribution in [3.63, 3.8) is 0 Å². The number of allylic oxidation sites excluding steroid dienone is 4. The fraction of sp³-hybridized carbons (Fsp3) is 0.647. The molecule has 1 amide bonds. The number of Topliss-reactive ketones (excluding diaryl/α,β-unsaturated/α-hetero) is 1. The summed E-state index contributed by atoms with van der Waals surface area (Å²) in [6.07, 6.45) is 3.74. The topological polar surface area (TPSA) is 88.2 Å². The number of rotatable bonds is 0. The highest BCUT2D eigenvalue weighted by Gasteiger charge is 2.83. The molecule has 1 aromatic rings. The fourth-order valence-corrected chi connectivity index (χ4v) is 11.2. The zero-order valence-corrected chi connectivity index (χ0v) is 24.4. The molecular weight excluding hydrogens is 502 g/mol. The van der Waals surface area contributed by atoms with E-state index in [1.807, 2.05) is 24.3 Å². The average molecular weight is 544 g/mol. The third kappa shape index (κ3) is 2.87. The molecule has 6 heteroatoms. The summed E-state index contributed by atoms with van der Waals surface area (Å²) < 4.78 is 13.1. The number of amides is 1. The second kappa shape index (κ2) is 7.69. The van der Waals surface area contributed by atoms with Crippen molar-refractivity contribution in [1.82, 2.24) is 5.32 Å². The lowest BCUT2D eigenvalue weighted by Gasteiger charge is -2.49. The first kappa shape index (κ1) is 25.3. The van der Waals surface area contributed by atoms with E-state index < -0.39 is 34.7 Å². The van der Waals surface area contributed by atoms with Crippen molar-refractivity contribution in [3.05, 3.63) is 52.6 Å². The minimum atomic E-state index is -1.64. The van der Waals surface area contributed by atoms with Crippen molar-refractivity contribution in [2.45, 2.75) is 84.3 Å². The number of hydrogen-bond acceptors (Lipinski definition) is 5. The molecule has 0 aromatic heterocycles. The van der Waals surface area contributed by atoms with Gasteiger partial charge in [-0.05, 0) is 74.0 Å². The van der Waals surface area contributed by atoms with Gasteiger partial charge in [-0.1, -0.05) is 62.6 Å². The number of carbonyl (C=O) groups excluding carboxylic acids is 2. The van der Waals surface area contributed by atoms with E-state index in [0.717, 1.165) is 24.2 Å². The van der Waals surface area contributed by atoms with Crippen LogP contribution in [0.2, 0.25) is 0 Å². The van der Waals surface area contributed by atoms with Gasteiger partial charge in [0.25, 0.3) is 5.91 Å². The van der Waals surface area contributed by atoms with Crippen LogP contribution in [0.15, 0.2) is 47.1 Å². The van der Waals surface area contributed by atoms with Gasteiger partial charge >= 0.3 is 0 Å². The molecule has 0 spiro atoms. The first-order valence-corrected chi connectivity index (χ1v) is 15.3. The number of epoxide rings is 1. The number of benzene rings is 1. The molecule has 0 radical (unpaired) electrons. The zero-order valence-electron chi connectivity index (χ0n) is 24.4. The highest BCUT2D eigenvalue weighted by molar-refractivity contribution is 6.16. The van der Waals surface area contributed by atoms with Crippen molar-refractivity contribution in [2.24, 2.45) is 52.8 Å². The van der Waals surface area contributed by atoms with Gasteiger partial charge in [0.15, 0.2) is 17.6 Å². The Kier molecular flexibility index (Phi) is 4.86. The van der Waals surface area contributed by atoms with E-state index in [-0.39, 0.29) is 36.1 Å². The normalized spacial score (nSPS) is 51.8. The first-order valence-electron chi connectivity index (χ1n) is 15.3. The molecule has 4 fully saturated rings. The van der Waals surface area contributed by atoms with Crippen LogP contribution in [0.1, 0.15) is 59.9 Å². The summed E-state index contributed by atoms with van der Waals surface area (Å²) in [5.74, 6) is 1.88. The molecule has 1 aromatic carbocycles. The fourth-order valence-electron chi connectivity index (χ4n) is 11.2. The van der Waals surface area contributed by atoms with Gasteiger partial charge in [-0.3, -0.25) is 9.59 Å². The van der Waals surface area contributed by atoms with Crippen molar-refractivity contribution in [1.29, 1.82) is 0 Å². The number of ether oxygens (including phenoxy) is 2. The maximum atomic E-state index is 15.1. The van der Waals surface area contributed by atoms with E-state index in [1.54, 1.807) is 0 Å². The molecule has 4 heterocycles. The van der Waals surface area contributed by atoms with E-state index in [9.17, 15) is 9.90 Å². The van der Waals surface area contributed by atoms with E-state index in [2.05, 4.69) is 52.9 Å². The summed E-state index contributed by atoms with van der Waals surface area (Å²) >= 11 is 0. The Morgan fingerprint density at radius 1 is 1.02 bits per heavy atom. The monoisotopic (exact) mass is 543 g/mol. The summed E-state index contributed by atoms with van der Waals surface area (Å²) in [6, 6.07) is 7.91. The SMILES string of the molecule is CC1=C[C@@]2(C)C(=C(C)[C@H]3[C@@H]4C[C@H](C)C[C@H](C)[C@H]4[C@H]4Oc5ccc(cc5)C[C@]5(O)NC(=O)[C@]6(O[C@H]65)C(=O)[C@@H]2[C@@H]43)[C@H]1C. The zero-order chi connectivity index (χ0) is 28.1. The minimum Gasteiger partial charge on any atom is -0.490 e. The number of fused-ring (bicyclic) bond motifs is 5. The van der Waals surface area contributed by atoms with Crippen molar-refractivity contribution in [2.75, 3.05) is 0 Å². The van der Waals surface area contributed by atoms with E-state index in [0.29, 0.717) is 23.7 Å². The molecule has 4 aliphatic carbocycles. The third-order valence-electron chi connectivity index (χ3n) is 12.4. The van der Waals surface area contributed by atoms with Gasteiger partial charge in [0.1, 0.15) is 11.9 Å². The van der Waals surface area contributed by atoms with Crippen LogP contribution in [-0.2, 0) is 20.7 Å². The Labute approximate surface area is 236 Å². The van der Waals surface area contributed by atoms with E-state index in [4.69, 9.17) is 9.47 Å². The molecule has 2 N–H and O–H groups in total. The quantitative estimate of drug-likeness (QED) is 0.284. The lowest BCUT2D eigenvalue weighted by Crippen LogP contribution is -2.55. The van der Waals surface area contributed by atoms with Crippen molar-refractivity contribution < 1.29 is 24.2 Å². The van der Waals surface area contributed by atoms with Crippen molar-refractivity contribution >= 4 is 11.7 Å². The van der Waals surface area contributed by atoms with Gasteiger partial charge in [-0.2, -0.15) is 0 Å². The lowest BCUT2D eigenvalue weighted by atomic mass is 9.53. The van der Waals surface area contributed by atoms with Crippen molar-refractivity contribution in [3.8, 4) is 5.75 Å². The van der Waals surface area contributed by atoms with E-state index >= 15 is 4.79 Å². The Balaban J connectivity index is 1.39. The Morgan fingerprint density at radius 2 is 1.75 bits per heavy atom. The summed E-state index contributed by atoms with van der Waals surface area (Å²) in [7, 11) is 0. The predicted molar refractivity (Wildman–Crippen MR) is 149 cm³/mol. The molecule has 40 heavy (non-hydrogen) atoms. The average Bonchev–Trinajstić information content (AvgIpc) is 3.45. The molecule has 9 rings (SSSR count). The number of carbonyl (C=O) groups is 2. The molecular formula is C34H41NO5. The molecule has 0 unspecified atom stereocenters. The van der Waals surface area contributed by atoms with Gasteiger partial charge in [0.05, 0.1) is 0 Å².